The molecule has 2 unspecified atom stereocenters. The molecule has 5 aromatic carbocycles. The molecule has 3 N–H and O–H groups in total. The number of rotatable bonds is 17. The van der Waals surface area contributed by atoms with E-state index in [-0.39, 0.29) is 23.5 Å². The van der Waals surface area contributed by atoms with Crippen LogP contribution in [0.4, 0.5) is 5.13 Å². The molecule has 8 rings (SSSR count). The lowest BCUT2D eigenvalue weighted by atomic mass is 9.77. The number of carbonyl (C=O) groups is 4. The summed E-state index contributed by atoms with van der Waals surface area (Å²) in [7, 11) is 0. The van der Waals surface area contributed by atoms with E-state index in [0.717, 1.165) is 27.8 Å². The van der Waals surface area contributed by atoms with Gasteiger partial charge < -0.3 is 25.3 Å². The fourth-order valence-electron chi connectivity index (χ4n) is 7.76. The first-order valence-electron chi connectivity index (χ1n) is 20.4. The Balaban J connectivity index is 1.14. The lowest BCUT2D eigenvalue weighted by Gasteiger charge is -2.49. The van der Waals surface area contributed by atoms with Gasteiger partial charge in [0.05, 0.1) is 0 Å². The van der Waals surface area contributed by atoms with Crippen molar-refractivity contribution in [3.63, 3.8) is 0 Å². The van der Waals surface area contributed by atoms with Crippen molar-refractivity contribution in [2.45, 2.75) is 42.5 Å². The Kier molecular flexibility index (Phi) is 13.9. The molecule has 6 aromatic rings. The quantitative estimate of drug-likeness (QED) is 0.0154. The van der Waals surface area contributed by atoms with Crippen LogP contribution in [-0.2, 0) is 34.3 Å². The molecule has 1 aromatic heterocycles. The Labute approximate surface area is 391 Å². The van der Waals surface area contributed by atoms with Crippen molar-refractivity contribution >= 4 is 80.3 Å². The summed E-state index contributed by atoms with van der Waals surface area (Å²) in [4.78, 5) is 66.4. The van der Waals surface area contributed by atoms with Gasteiger partial charge in [-0.1, -0.05) is 186 Å². The maximum Gasteiger partial charge on any atom is 0.352 e. The van der Waals surface area contributed by atoms with Crippen LogP contribution in [0.2, 0.25) is 0 Å². The minimum absolute atomic E-state index is 0.0616. The molecule has 0 spiro atoms. The van der Waals surface area contributed by atoms with Crippen LogP contribution in [0.3, 0.4) is 0 Å². The maximum atomic E-state index is 14.5. The highest BCUT2D eigenvalue weighted by Gasteiger charge is 2.54. The highest BCUT2D eigenvalue weighted by atomic mass is 127. The fraction of sp³-hybridized carbons (Fsp3) is 0.184. The summed E-state index contributed by atoms with van der Waals surface area (Å²) in [6, 6.07) is 47.5. The summed E-state index contributed by atoms with van der Waals surface area (Å²) in [5, 5.41) is 22.3. The van der Waals surface area contributed by atoms with Gasteiger partial charge in [0.25, 0.3) is 11.8 Å². The molecule has 3 atom stereocenters. The van der Waals surface area contributed by atoms with E-state index in [0.29, 0.717) is 20.9 Å². The summed E-state index contributed by atoms with van der Waals surface area (Å²) in [5.74, 6) is -2.88. The molecule has 2 aliphatic rings. The Morgan fingerprint density at radius 3 is 1.84 bits per heavy atom. The van der Waals surface area contributed by atoms with Crippen LogP contribution in [0.25, 0.3) is 0 Å². The number of nitrogens with one attached hydrogen (secondary N) is 2. The highest BCUT2D eigenvalue weighted by Crippen LogP contribution is 2.42. The third kappa shape index (κ3) is 9.05. The van der Waals surface area contributed by atoms with Gasteiger partial charge in [-0.2, -0.15) is 0 Å². The minimum atomic E-state index is -1.24. The number of ether oxygens (including phenoxy) is 1. The van der Waals surface area contributed by atoms with Gasteiger partial charge >= 0.3 is 11.9 Å². The predicted octanol–water partition coefficient (Wildman–Crippen LogP) is 8.55. The number of amides is 2. The summed E-state index contributed by atoms with van der Waals surface area (Å²) in [6.45, 7) is 1.74. The smallest absolute Gasteiger partial charge is 0.352 e. The van der Waals surface area contributed by atoms with Gasteiger partial charge in [-0.15, -0.1) is 23.1 Å². The number of aliphatic carboxylic acids is 1. The summed E-state index contributed by atoms with van der Waals surface area (Å²) in [6.07, 6.45) is -1.84. The topological polar surface area (TPSA) is 160 Å². The number of hydrogen-bond donors (Lipinski definition) is 3. The fourth-order valence-corrected chi connectivity index (χ4v) is 10.9. The van der Waals surface area contributed by atoms with Gasteiger partial charge in [0.1, 0.15) is 28.3 Å². The SMILES string of the molecule is CCC(ON=C(C(=O)NC1C(=O)N2C(C(=O)O)=C(CI)CS[C@@H]12)c1csc(NC(c2ccccc2)(c2ccccc2)c2ccccc2)n1)C(=O)OC(c1ccccc1)c1ccccc1. The molecule has 0 radical (unpaired) electrons. The number of carboxylic acid groups (broad SMARTS) is 1. The Hall–Kier alpha value is -6.30. The number of esters is 1. The van der Waals surface area contributed by atoms with Crippen molar-refractivity contribution in [2.24, 2.45) is 5.16 Å². The molecule has 3 heterocycles. The molecule has 324 valence electrons. The maximum absolute atomic E-state index is 14.5. The van der Waals surface area contributed by atoms with Crippen LogP contribution in [0, 0.1) is 0 Å². The molecule has 1 fully saturated rings. The molecule has 0 bridgehead atoms. The van der Waals surface area contributed by atoms with Crippen molar-refractivity contribution in [3.8, 4) is 0 Å². The van der Waals surface area contributed by atoms with Crippen molar-refractivity contribution in [2.75, 3.05) is 15.5 Å². The monoisotopic (exact) mass is 1000 g/mol. The molecule has 0 aliphatic carbocycles. The number of carboxylic acids is 1. The number of fused-ring (bicyclic) bond motifs is 1. The lowest BCUT2D eigenvalue weighted by Crippen LogP contribution is -2.71. The molecular weight excluding hydrogens is 962 g/mol. The highest BCUT2D eigenvalue weighted by molar-refractivity contribution is 14.1. The zero-order valence-corrected chi connectivity index (χ0v) is 38.2. The molecule has 2 amide bonds. The number of halogens is 1. The first kappa shape index (κ1) is 44.3. The van der Waals surface area contributed by atoms with Gasteiger partial charge in [0.15, 0.2) is 16.9 Å². The second-order valence-electron chi connectivity index (χ2n) is 14.8. The van der Waals surface area contributed by atoms with E-state index in [1.165, 1.54) is 28.0 Å². The number of oxime groups is 1. The van der Waals surface area contributed by atoms with Crippen LogP contribution in [0.1, 0.15) is 53.0 Å². The molecular formula is C49H42IN5O7S2. The summed E-state index contributed by atoms with van der Waals surface area (Å²) >= 11 is 4.69. The van der Waals surface area contributed by atoms with E-state index in [4.69, 9.17) is 14.6 Å². The number of benzene rings is 5. The number of thiazole rings is 1. The Morgan fingerprint density at radius 2 is 1.36 bits per heavy atom. The van der Waals surface area contributed by atoms with E-state index in [1.807, 2.05) is 152 Å². The average molecular weight is 1000 g/mol. The number of nitrogens with zero attached hydrogens (tertiary/aromatic N) is 3. The van der Waals surface area contributed by atoms with Gasteiger partial charge in [-0.3, -0.25) is 14.5 Å². The van der Waals surface area contributed by atoms with Crippen LogP contribution >= 0.6 is 45.7 Å². The number of β-lactam (4-membered cyclic amide) rings is 1. The largest absolute Gasteiger partial charge is 0.477 e. The number of carbonyl (C=O) groups excluding carboxylic acids is 3. The normalized spacial score (nSPS) is 16.6. The Morgan fingerprint density at radius 1 is 0.844 bits per heavy atom. The van der Waals surface area contributed by atoms with Crippen molar-refractivity contribution in [1.82, 2.24) is 15.2 Å². The van der Waals surface area contributed by atoms with Gasteiger partial charge in [-0.05, 0) is 39.8 Å². The molecule has 12 nitrogen and oxygen atoms in total. The average Bonchev–Trinajstić information content (AvgIpc) is 3.81. The molecule has 1 saturated heterocycles. The van der Waals surface area contributed by atoms with Crippen LogP contribution in [-0.4, -0.2) is 72.2 Å². The molecule has 64 heavy (non-hydrogen) atoms. The zero-order valence-electron chi connectivity index (χ0n) is 34.4. The van der Waals surface area contributed by atoms with E-state index < -0.39 is 52.9 Å². The van der Waals surface area contributed by atoms with E-state index in [9.17, 15) is 24.3 Å². The summed E-state index contributed by atoms with van der Waals surface area (Å²) < 4.78 is 6.55. The van der Waals surface area contributed by atoms with Gasteiger partial charge in [-0.25, -0.2) is 14.6 Å². The van der Waals surface area contributed by atoms with E-state index in [2.05, 4.69) is 38.4 Å². The number of anilines is 1. The predicted molar refractivity (Wildman–Crippen MR) is 256 cm³/mol. The second kappa shape index (κ2) is 20.0. The van der Waals surface area contributed by atoms with Gasteiger partial charge in [0, 0.05) is 15.6 Å². The molecule has 2 aliphatic heterocycles. The number of thioether (sulfide) groups is 1. The molecule has 15 heteroatoms. The number of aromatic nitrogens is 1. The van der Waals surface area contributed by atoms with Crippen molar-refractivity contribution in [1.29, 1.82) is 0 Å². The van der Waals surface area contributed by atoms with E-state index in [1.54, 1.807) is 12.3 Å². The Bertz CT molecular complexity index is 2530. The van der Waals surface area contributed by atoms with Crippen LogP contribution < -0.4 is 10.6 Å². The standard InChI is InChI=1S/C49H42IN5O7S2/c1-2-38(47(60)61-42(31-18-8-3-9-19-31)32-20-10-4-11-21-32)62-54-39(43(56)52-40-44(57)55-41(46(58)59)33(28-50)29-63-45(40)55)37-30-64-48(51-37)53-49(34-22-12-5-13-23-34,35-24-14-6-15-25-35)36-26-16-7-17-27-36/h3-27,30,38,40,42,45H,2,28-29H2,1H3,(H,51,53)(H,52,56)(H,58,59)/t38?,40?,45-/m0/s1. The van der Waals surface area contributed by atoms with Crippen LogP contribution in [0.15, 0.2) is 173 Å². The van der Waals surface area contributed by atoms with Gasteiger partial charge in [0.2, 0.25) is 6.10 Å². The lowest BCUT2D eigenvalue weighted by molar-refractivity contribution is -0.161. The van der Waals surface area contributed by atoms with Crippen molar-refractivity contribution < 1.29 is 33.9 Å². The second-order valence-corrected chi connectivity index (χ2v) is 17.6. The molecule has 0 saturated carbocycles. The van der Waals surface area contributed by atoms with Crippen molar-refractivity contribution in [3.05, 3.63) is 202 Å². The third-order valence-electron chi connectivity index (χ3n) is 10.9. The third-order valence-corrected chi connectivity index (χ3v) is 13.9. The number of alkyl halides is 1. The van der Waals surface area contributed by atoms with E-state index >= 15 is 0 Å². The summed E-state index contributed by atoms with van der Waals surface area (Å²) in [5.41, 5.74) is 3.77. The minimum Gasteiger partial charge on any atom is -0.477 e. The first-order valence-corrected chi connectivity index (χ1v) is 23.9. The first-order chi connectivity index (χ1) is 31.2. The van der Waals surface area contributed by atoms with Crippen LogP contribution in [0.5, 0.6) is 0 Å². The number of hydrogen-bond acceptors (Lipinski definition) is 11. The zero-order chi connectivity index (χ0) is 44.6.